The van der Waals surface area contributed by atoms with Crippen molar-refractivity contribution in [2.75, 3.05) is 6.54 Å². The Morgan fingerprint density at radius 1 is 1.27 bits per heavy atom. The molecule has 0 aliphatic heterocycles. The quantitative estimate of drug-likeness (QED) is 0.870. The Kier molecular flexibility index (Phi) is 4.14. The fourth-order valence-electron chi connectivity index (χ4n) is 2.92. The Morgan fingerprint density at radius 2 is 2.05 bits per heavy atom. The second-order valence-electron chi connectivity index (χ2n) is 6.16. The van der Waals surface area contributed by atoms with Crippen molar-refractivity contribution in [3.8, 4) is 0 Å². The van der Waals surface area contributed by atoms with E-state index in [0.29, 0.717) is 22.0 Å². The molecule has 1 N–H and O–H groups in total. The number of aryl methyl sites for hydroxylation is 2. The highest BCUT2D eigenvalue weighted by atomic mass is 35.5. The average molecular weight is 339 g/mol. The molecule has 1 heterocycles. The van der Waals surface area contributed by atoms with Crippen LogP contribution < -0.4 is 4.72 Å². The number of sulfonamides is 1. The molecule has 0 spiro atoms. The Labute approximate surface area is 135 Å². The van der Waals surface area contributed by atoms with Crippen molar-refractivity contribution in [3.05, 3.63) is 34.6 Å². The van der Waals surface area contributed by atoms with Crippen LogP contribution in [0.2, 0.25) is 5.15 Å². The number of halogens is 1. The zero-order valence-corrected chi connectivity index (χ0v) is 14.3. The van der Waals surface area contributed by atoms with Gasteiger partial charge in [-0.05, 0) is 48.4 Å². The zero-order chi connectivity index (χ0) is 15.9. The first kappa shape index (κ1) is 15.7. The van der Waals surface area contributed by atoms with Crippen LogP contribution in [0.15, 0.2) is 23.2 Å². The highest BCUT2D eigenvalue weighted by Crippen LogP contribution is 2.35. The maximum Gasteiger partial charge on any atom is 0.241 e. The molecule has 0 amide bonds. The summed E-state index contributed by atoms with van der Waals surface area (Å²) in [6, 6.07) is 3.46. The monoisotopic (exact) mass is 338 g/mol. The van der Waals surface area contributed by atoms with Gasteiger partial charge < -0.3 is 0 Å². The lowest BCUT2D eigenvalue weighted by Gasteiger charge is -2.14. The fraction of sp³-hybridized carbons (Fsp3) is 0.438. The van der Waals surface area contributed by atoms with Gasteiger partial charge in [0.1, 0.15) is 5.15 Å². The van der Waals surface area contributed by atoms with Crippen molar-refractivity contribution < 1.29 is 8.42 Å². The third kappa shape index (κ3) is 2.85. The highest BCUT2D eigenvalue weighted by molar-refractivity contribution is 7.89. The van der Waals surface area contributed by atoms with Gasteiger partial charge in [0.15, 0.2) is 0 Å². The number of hydrogen-bond acceptors (Lipinski definition) is 3. The molecule has 0 fully saturated rings. The number of rotatable bonds is 4. The van der Waals surface area contributed by atoms with Gasteiger partial charge in [-0.15, -0.1) is 0 Å². The summed E-state index contributed by atoms with van der Waals surface area (Å²) in [6.45, 7) is 4.37. The van der Waals surface area contributed by atoms with Crippen LogP contribution in [0.4, 0.5) is 0 Å². The van der Waals surface area contributed by atoms with E-state index in [1.54, 1.807) is 12.3 Å². The maximum atomic E-state index is 12.7. The van der Waals surface area contributed by atoms with Crippen LogP contribution in [0.25, 0.3) is 10.8 Å². The van der Waals surface area contributed by atoms with E-state index in [1.165, 1.54) is 5.56 Å². The Bertz CT molecular complexity index is 832. The molecule has 1 aliphatic carbocycles. The largest absolute Gasteiger partial charge is 0.244 e. The second-order valence-corrected chi connectivity index (χ2v) is 8.29. The number of nitrogens with one attached hydrogen (secondary N) is 1. The van der Waals surface area contributed by atoms with E-state index < -0.39 is 10.0 Å². The summed E-state index contributed by atoms with van der Waals surface area (Å²) in [5.74, 6) is 0.251. The van der Waals surface area contributed by atoms with Crippen molar-refractivity contribution in [1.82, 2.24) is 9.71 Å². The molecule has 1 aliphatic rings. The molecule has 1 aromatic heterocycles. The van der Waals surface area contributed by atoms with E-state index in [0.717, 1.165) is 30.2 Å². The van der Waals surface area contributed by atoms with Gasteiger partial charge in [-0.1, -0.05) is 25.4 Å². The lowest BCUT2D eigenvalue weighted by molar-refractivity contribution is 0.561. The van der Waals surface area contributed by atoms with Crippen molar-refractivity contribution in [2.24, 2.45) is 5.92 Å². The molecule has 0 unspecified atom stereocenters. The Morgan fingerprint density at radius 3 is 2.77 bits per heavy atom. The topological polar surface area (TPSA) is 59.1 Å². The number of aromatic nitrogens is 1. The summed E-state index contributed by atoms with van der Waals surface area (Å²) in [5.41, 5.74) is 2.32. The molecule has 0 saturated carbocycles. The molecule has 2 aromatic rings. The molecule has 4 nitrogen and oxygen atoms in total. The Hall–Kier alpha value is -1.17. The SMILES string of the molecule is CC(C)CNS(=O)(=O)c1cc2c(c3cnc(Cl)cc13)CCC2. The van der Waals surface area contributed by atoms with Crippen LogP contribution in [0, 0.1) is 5.92 Å². The van der Waals surface area contributed by atoms with Crippen LogP contribution in [0.5, 0.6) is 0 Å². The first-order chi connectivity index (χ1) is 10.4. The molecule has 0 radical (unpaired) electrons. The van der Waals surface area contributed by atoms with Crippen molar-refractivity contribution >= 4 is 32.4 Å². The smallest absolute Gasteiger partial charge is 0.241 e. The lowest BCUT2D eigenvalue weighted by Crippen LogP contribution is -2.27. The first-order valence-electron chi connectivity index (χ1n) is 7.48. The highest BCUT2D eigenvalue weighted by Gasteiger charge is 2.24. The summed E-state index contributed by atoms with van der Waals surface area (Å²) < 4.78 is 28.1. The van der Waals surface area contributed by atoms with Crippen LogP contribution in [0.3, 0.4) is 0 Å². The zero-order valence-electron chi connectivity index (χ0n) is 12.7. The Balaban J connectivity index is 2.21. The summed E-state index contributed by atoms with van der Waals surface area (Å²) in [7, 11) is -3.56. The van der Waals surface area contributed by atoms with E-state index in [-0.39, 0.29) is 5.92 Å². The van der Waals surface area contributed by atoms with E-state index >= 15 is 0 Å². The lowest BCUT2D eigenvalue weighted by atomic mass is 10.0. The van der Waals surface area contributed by atoms with Gasteiger partial charge in [-0.3, -0.25) is 0 Å². The molecule has 6 heteroatoms. The number of benzene rings is 1. The van der Waals surface area contributed by atoms with E-state index in [1.807, 2.05) is 19.9 Å². The summed E-state index contributed by atoms with van der Waals surface area (Å²) in [4.78, 5) is 4.45. The molecule has 3 rings (SSSR count). The normalized spacial score (nSPS) is 14.7. The molecule has 118 valence electrons. The minimum absolute atomic E-state index is 0.251. The van der Waals surface area contributed by atoms with Gasteiger partial charge in [0, 0.05) is 23.5 Å². The first-order valence-corrected chi connectivity index (χ1v) is 9.34. The average Bonchev–Trinajstić information content (AvgIpc) is 2.92. The van der Waals surface area contributed by atoms with Gasteiger partial charge in [-0.25, -0.2) is 18.1 Å². The van der Waals surface area contributed by atoms with E-state index in [9.17, 15) is 8.42 Å². The predicted octanol–water partition coefficient (Wildman–Crippen LogP) is 3.31. The van der Waals surface area contributed by atoms with Crippen molar-refractivity contribution in [3.63, 3.8) is 0 Å². The fourth-order valence-corrected chi connectivity index (χ4v) is 4.54. The molecule has 22 heavy (non-hydrogen) atoms. The predicted molar refractivity (Wildman–Crippen MR) is 88.8 cm³/mol. The number of hydrogen-bond donors (Lipinski definition) is 1. The maximum absolute atomic E-state index is 12.7. The van der Waals surface area contributed by atoms with Gasteiger partial charge >= 0.3 is 0 Å². The van der Waals surface area contributed by atoms with Crippen LogP contribution in [0.1, 0.15) is 31.4 Å². The second kappa shape index (κ2) is 5.80. The number of nitrogens with zero attached hydrogens (tertiary/aromatic N) is 1. The summed E-state index contributed by atoms with van der Waals surface area (Å²) >= 11 is 5.99. The molecule has 0 atom stereocenters. The third-order valence-corrected chi connectivity index (χ3v) is 5.67. The van der Waals surface area contributed by atoms with Gasteiger partial charge in [0.2, 0.25) is 10.0 Å². The minimum Gasteiger partial charge on any atom is -0.244 e. The molecular weight excluding hydrogens is 320 g/mol. The van der Waals surface area contributed by atoms with Crippen molar-refractivity contribution in [2.45, 2.75) is 38.0 Å². The summed E-state index contributed by atoms with van der Waals surface area (Å²) in [6.07, 6.45) is 4.63. The number of pyridine rings is 1. The van der Waals surface area contributed by atoms with E-state index in [4.69, 9.17) is 11.6 Å². The van der Waals surface area contributed by atoms with Crippen LogP contribution in [-0.2, 0) is 22.9 Å². The third-order valence-electron chi connectivity index (χ3n) is 4.00. The van der Waals surface area contributed by atoms with Crippen molar-refractivity contribution in [1.29, 1.82) is 0 Å². The van der Waals surface area contributed by atoms with E-state index in [2.05, 4.69) is 9.71 Å². The number of fused-ring (bicyclic) bond motifs is 3. The molecular formula is C16H19ClN2O2S. The van der Waals surface area contributed by atoms with Gasteiger partial charge in [0.05, 0.1) is 4.90 Å². The standard InChI is InChI=1S/C16H19ClN2O2S/c1-10(2)8-19-22(20,21)15-6-11-4-3-5-12(11)14-9-18-16(17)7-13(14)15/h6-7,9-10,19H,3-5,8H2,1-2H3. The molecule has 0 saturated heterocycles. The van der Waals surface area contributed by atoms with Gasteiger partial charge in [0.25, 0.3) is 0 Å². The molecule has 1 aromatic carbocycles. The van der Waals surface area contributed by atoms with Crippen LogP contribution >= 0.6 is 11.6 Å². The van der Waals surface area contributed by atoms with Gasteiger partial charge in [-0.2, -0.15) is 0 Å². The minimum atomic E-state index is -3.56. The molecule has 0 bridgehead atoms. The van der Waals surface area contributed by atoms with Crippen LogP contribution in [-0.4, -0.2) is 19.9 Å². The summed E-state index contributed by atoms with van der Waals surface area (Å²) in [5, 5.41) is 1.88.